The number of nitrogens with one attached hydrogen (secondary N) is 1. The fourth-order valence-corrected chi connectivity index (χ4v) is 3.25. The zero-order valence-electron chi connectivity index (χ0n) is 12.0. The van der Waals surface area contributed by atoms with Crippen LogP contribution in [-0.4, -0.2) is 12.5 Å². The Labute approximate surface area is 129 Å². The number of carbonyl (C=O) groups is 1. The number of nitrogens with two attached hydrogens (primary N) is 1. The van der Waals surface area contributed by atoms with Gasteiger partial charge in [-0.05, 0) is 58.8 Å². The molecule has 1 amide bonds. The topological polar surface area (TPSA) is 55.1 Å². The molecule has 3 N–H and O–H groups in total. The number of hydrogen-bond acceptors (Lipinski definition) is 2. The molecule has 0 heterocycles. The quantitative estimate of drug-likeness (QED) is 0.816. The predicted molar refractivity (Wildman–Crippen MR) is 86.6 cm³/mol. The average molecular weight is 339 g/mol. The molecule has 2 atom stereocenters. The molecule has 1 aromatic carbocycles. The number of halogens is 1. The average Bonchev–Trinajstić information content (AvgIpc) is 2.42. The summed E-state index contributed by atoms with van der Waals surface area (Å²) in [5.74, 6) is 1.58. The molecule has 0 aromatic heterocycles. The molecule has 1 saturated carbocycles. The first-order chi connectivity index (χ1) is 9.56. The van der Waals surface area contributed by atoms with Crippen LogP contribution < -0.4 is 11.1 Å². The van der Waals surface area contributed by atoms with Gasteiger partial charge in [-0.25, -0.2) is 0 Å². The first-order valence-corrected chi connectivity index (χ1v) is 8.18. The van der Waals surface area contributed by atoms with Crippen molar-refractivity contribution in [3.63, 3.8) is 0 Å². The van der Waals surface area contributed by atoms with E-state index in [1.807, 2.05) is 6.07 Å². The second-order valence-electron chi connectivity index (χ2n) is 5.92. The second-order valence-corrected chi connectivity index (χ2v) is 6.77. The van der Waals surface area contributed by atoms with Crippen LogP contribution in [0.5, 0.6) is 0 Å². The number of anilines is 1. The first kappa shape index (κ1) is 15.4. The smallest absolute Gasteiger partial charge is 0.251 e. The lowest BCUT2D eigenvalue weighted by molar-refractivity contribution is 0.0949. The summed E-state index contributed by atoms with van der Waals surface area (Å²) < 4.78 is 0.824. The lowest BCUT2D eigenvalue weighted by Gasteiger charge is -2.26. The van der Waals surface area contributed by atoms with Crippen LogP contribution in [0.2, 0.25) is 0 Å². The number of amides is 1. The van der Waals surface area contributed by atoms with Gasteiger partial charge in [0.1, 0.15) is 0 Å². The summed E-state index contributed by atoms with van der Waals surface area (Å²) in [5.41, 5.74) is 7.02. The van der Waals surface area contributed by atoms with Gasteiger partial charge in [0.15, 0.2) is 0 Å². The van der Waals surface area contributed by atoms with Gasteiger partial charge in [0.05, 0.1) is 0 Å². The van der Waals surface area contributed by atoms with E-state index in [1.54, 1.807) is 12.1 Å². The van der Waals surface area contributed by atoms with Crippen LogP contribution in [-0.2, 0) is 0 Å². The third kappa shape index (κ3) is 4.23. The Morgan fingerprint density at radius 1 is 1.45 bits per heavy atom. The molecule has 2 unspecified atom stereocenters. The normalized spacial score (nSPS) is 22.5. The molecule has 0 bridgehead atoms. The van der Waals surface area contributed by atoms with Gasteiger partial charge in [0, 0.05) is 22.3 Å². The lowest BCUT2D eigenvalue weighted by atomic mass is 9.81. The molecular formula is C16H23BrN2O. The van der Waals surface area contributed by atoms with Crippen LogP contribution in [0.4, 0.5) is 5.69 Å². The van der Waals surface area contributed by atoms with E-state index in [0.717, 1.165) is 29.3 Å². The summed E-state index contributed by atoms with van der Waals surface area (Å²) in [6.45, 7) is 3.08. The zero-order valence-corrected chi connectivity index (χ0v) is 13.6. The minimum absolute atomic E-state index is 0.0342. The van der Waals surface area contributed by atoms with Gasteiger partial charge in [-0.3, -0.25) is 4.79 Å². The summed E-state index contributed by atoms with van der Waals surface area (Å²) in [6.07, 6.45) is 6.40. The van der Waals surface area contributed by atoms with Gasteiger partial charge in [-0.2, -0.15) is 0 Å². The molecule has 20 heavy (non-hydrogen) atoms. The Morgan fingerprint density at radius 2 is 2.25 bits per heavy atom. The molecule has 0 spiro atoms. The highest BCUT2D eigenvalue weighted by Crippen LogP contribution is 2.30. The molecule has 1 fully saturated rings. The Bertz CT molecular complexity index is 476. The van der Waals surface area contributed by atoms with Crippen LogP contribution in [0.25, 0.3) is 0 Å². The molecular weight excluding hydrogens is 316 g/mol. The van der Waals surface area contributed by atoms with E-state index in [1.165, 1.54) is 25.7 Å². The molecule has 110 valence electrons. The van der Waals surface area contributed by atoms with Gasteiger partial charge in [0.25, 0.3) is 5.91 Å². The summed E-state index contributed by atoms with van der Waals surface area (Å²) >= 11 is 3.33. The number of rotatable bonds is 4. The van der Waals surface area contributed by atoms with E-state index in [-0.39, 0.29) is 5.91 Å². The van der Waals surface area contributed by atoms with Crippen molar-refractivity contribution in [3.05, 3.63) is 28.2 Å². The van der Waals surface area contributed by atoms with Crippen LogP contribution in [0, 0.1) is 11.8 Å². The Balaban J connectivity index is 1.78. The van der Waals surface area contributed by atoms with Crippen LogP contribution in [0.15, 0.2) is 22.7 Å². The molecule has 3 nitrogen and oxygen atoms in total. The van der Waals surface area contributed by atoms with E-state index in [2.05, 4.69) is 28.2 Å². The molecule has 2 rings (SSSR count). The van der Waals surface area contributed by atoms with E-state index < -0.39 is 0 Å². The van der Waals surface area contributed by atoms with E-state index >= 15 is 0 Å². The van der Waals surface area contributed by atoms with Crippen molar-refractivity contribution in [1.29, 1.82) is 0 Å². The highest BCUT2D eigenvalue weighted by Gasteiger charge is 2.18. The minimum Gasteiger partial charge on any atom is -0.398 e. The molecule has 0 saturated heterocycles. The first-order valence-electron chi connectivity index (χ1n) is 7.39. The molecule has 1 aromatic rings. The molecule has 1 aliphatic carbocycles. The largest absolute Gasteiger partial charge is 0.398 e. The lowest BCUT2D eigenvalue weighted by Crippen LogP contribution is -2.27. The molecule has 4 heteroatoms. The number of hydrogen-bond donors (Lipinski definition) is 2. The van der Waals surface area contributed by atoms with Gasteiger partial charge in [0.2, 0.25) is 0 Å². The third-order valence-electron chi connectivity index (χ3n) is 4.14. The Hall–Kier alpha value is -1.03. The van der Waals surface area contributed by atoms with Crippen molar-refractivity contribution in [3.8, 4) is 0 Å². The van der Waals surface area contributed by atoms with Crippen molar-refractivity contribution >= 4 is 27.5 Å². The number of carbonyl (C=O) groups excluding carboxylic acids is 1. The highest BCUT2D eigenvalue weighted by atomic mass is 79.9. The monoisotopic (exact) mass is 338 g/mol. The maximum Gasteiger partial charge on any atom is 0.251 e. The summed E-state index contributed by atoms with van der Waals surface area (Å²) in [5, 5.41) is 3.00. The van der Waals surface area contributed by atoms with Crippen molar-refractivity contribution in [2.75, 3.05) is 12.3 Å². The van der Waals surface area contributed by atoms with E-state index in [4.69, 9.17) is 5.73 Å². The fourth-order valence-electron chi connectivity index (χ4n) is 3.00. The maximum absolute atomic E-state index is 12.0. The summed E-state index contributed by atoms with van der Waals surface area (Å²) in [4.78, 5) is 12.0. The van der Waals surface area contributed by atoms with Crippen molar-refractivity contribution in [2.45, 2.75) is 39.0 Å². The van der Waals surface area contributed by atoms with Crippen LogP contribution >= 0.6 is 15.9 Å². The molecule has 0 radical (unpaired) electrons. The van der Waals surface area contributed by atoms with E-state index in [0.29, 0.717) is 11.3 Å². The Morgan fingerprint density at radius 3 is 2.95 bits per heavy atom. The number of benzene rings is 1. The van der Waals surface area contributed by atoms with Crippen molar-refractivity contribution in [2.24, 2.45) is 11.8 Å². The SMILES string of the molecule is CC1CCCC(CCNC(=O)c2ccc(Br)c(N)c2)C1. The molecule has 0 aliphatic heterocycles. The van der Waals surface area contributed by atoms with Gasteiger partial charge < -0.3 is 11.1 Å². The highest BCUT2D eigenvalue weighted by molar-refractivity contribution is 9.10. The van der Waals surface area contributed by atoms with Crippen molar-refractivity contribution in [1.82, 2.24) is 5.32 Å². The maximum atomic E-state index is 12.0. The van der Waals surface area contributed by atoms with Crippen LogP contribution in [0.3, 0.4) is 0 Å². The van der Waals surface area contributed by atoms with Crippen molar-refractivity contribution < 1.29 is 4.79 Å². The van der Waals surface area contributed by atoms with Crippen LogP contribution in [0.1, 0.15) is 49.4 Å². The van der Waals surface area contributed by atoms with Gasteiger partial charge in [-0.1, -0.05) is 26.2 Å². The summed E-state index contributed by atoms with van der Waals surface area (Å²) in [7, 11) is 0. The third-order valence-corrected chi connectivity index (χ3v) is 4.86. The minimum atomic E-state index is -0.0342. The Kier molecular flexibility index (Phi) is 5.46. The predicted octanol–water partition coefficient (Wildman–Crippen LogP) is 3.98. The number of nitrogen functional groups attached to an aromatic ring is 1. The fraction of sp³-hybridized carbons (Fsp3) is 0.562. The van der Waals surface area contributed by atoms with Gasteiger partial charge in [-0.15, -0.1) is 0 Å². The second kappa shape index (κ2) is 7.11. The van der Waals surface area contributed by atoms with Gasteiger partial charge >= 0.3 is 0 Å². The molecule has 1 aliphatic rings. The standard InChI is InChI=1S/C16H23BrN2O/c1-11-3-2-4-12(9-11)7-8-19-16(20)13-5-6-14(17)15(18)10-13/h5-6,10-12H,2-4,7-9,18H2,1H3,(H,19,20). The van der Waals surface area contributed by atoms with E-state index in [9.17, 15) is 4.79 Å². The summed E-state index contributed by atoms with van der Waals surface area (Å²) in [6, 6.07) is 5.31. The zero-order chi connectivity index (χ0) is 14.5.